The molecule has 12 nitrogen and oxygen atoms in total. The van der Waals surface area contributed by atoms with Gasteiger partial charge >= 0.3 is 18.2 Å². The summed E-state index contributed by atoms with van der Waals surface area (Å²) in [6.07, 6.45) is 1.73. The SMILES string of the molecule is COC(=O)N(CCNC(=O)CCC(C)=CCc1c(O)c2c(c(C)c1OC)COC2=O)CCNC(=O)OC(C)(C)C. The van der Waals surface area contributed by atoms with E-state index in [0.29, 0.717) is 29.7 Å². The summed E-state index contributed by atoms with van der Waals surface area (Å²) in [6.45, 7) is 9.81. The van der Waals surface area contributed by atoms with Gasteiger partial charge < -0.3 is 39.6 Å². The topological polar surface area (TPSA) is 153 Å². The van der Waals surface area contributed by atoms with Gasteiger partial charge in [0.05, 0.1) is 14.2 Å². The zero-order valence-corrected chi connectivity index (χ0v) is 24.4. The molecule has 2 rings (SSSR count). The number of esters is 1. The van der Waals surface area contributed by atoms with Crippen LogP contribution in [-0.4, -0.2) is 80.1 Å². The molecule has 0 atom stereocenters. The summed E-state index contributed by atoms with van der Waals surface area (Å²) in [6, 6.07) is 0. The third-order valence-electron chi connectivity index (χ3n) is 6.24. The predicted octanol–water partition coefficient (Wildman–Crippen LogP) is 3.36. The van der Waals surface area contributed by atoms with Crippen LogP contribution in [0.5, 0.6) is 11.5 Å². The van der Waals surface area contributed by atoms with Crippen molar-refractivity contribution in [2.45, 2.75) is 66.1 Å². The molecule has 3 N–H and O–H groups in total. The predicted molar refractivity (Wildman–Crippen MR) is 146 cm³/mol. The first-order valence-corrected chi connectivity index (χ1v) is 13.1. The first kappa shape index (κ1) is 32.3. The summed E-state index contributed by atoms with van der Waals surface area (Å²) >= 11 is 0. The van der Waals surface area contributed by atoms with Crippen LogP contribution < -0.4 is 15.4 Å². The third-order valence-corrected chi connectivity index (χ3v) is 6.24. The number of cyclic esters (lactones) is 1. The minimum atomic E-state index is -0.630. The molecule has 0 spiro atoms. The molecule has 0 radical (unpaired) electrons. The highest BCUT2D eigenvalue weighted by Crippen LogP contribution is 2.42. The van der Waals surface area contributed by atoms with Gasteiger partial charge in [0, 0.05) is 43.7 Å². The molecule has 1 aromatic rings. The Kier molecular flexibility index (Phi) is 11.6. The quantitative estimate of drug-likeness (QED) is 0.197. The van der Waals surface area contributed by atoms with Crippen molar-refractivity contribution < 1.29 is 43.2 Å². The van der Waals surface area contributed by atoms with Gasteiger partial charge in [-0.3, -0.25) is 4.79 Å². The van der Waals surface area contributed by atoms with E-state index in [-0.39, 0.29) is 56.4 Å². The lowest BCUT2D eigenvalue weighted by Gasteiger charge is -2.23. The lowest BCUT2D eigenvalue weighted by atomic mass is 9.94. The molecular weight excluding hydrogens is 522 g/mol. The Balaban J connectivity index is 1.84. The molecule has 0 bridgehead atoms. The van der Waals surface area contributed by atoms with Crippen LogP contribution in [0.25, 0.3) is 0 Å². The van der Waals surface area contributed by atoms with E-state index >= 15 is 0 Å². The van der Waals surface area contributed by atoms with Crippen LogP contribution >= 0.6 is 0 Å². The maximum Gasteiger partial charge on any atom is 0.409 e. The lowest BCUT2D eigenvalue weighted by molar-refractivity contribution is -0.121. The maximum absolute atomic E-state index is 12.4. The Morgan fingerprint density at radius 1 is 1.10 bits per heavy atom. The number of aromatic hydroxyl groups is 1. The fourth-order valence-corrected chi connectivity index (χ4v) is 4.17. The summed E-state index contributed by atoms with van der Waals surface area (Å²) in [5.41, 5.74) is 2.34. The molecule has 0 aliphatic carbocycles. The molecule has 0 aromatic heterocycles. The number of benzene rings is 1. The van der Waals surface area contributed by atoms with Crippen LogP contribution in [0.2, 0.25) is 0 Å². The zero-order valence-electron chi connectivity index (χ0n) is 24.4. The van der Waals surface area contributed by atoms with Gasteiger partial charge in [0.2, 0.25) is 5.91 Å². The fourth-order valence-electron chi connectivity index (χ4n) is 4.17. The van der Waals surface area contributed by atoms with Crippen LogP contribution in [-0.2, 0) is 32.0 Å². The average molecular weight is 564 g/mol. The van der Waals surface area contributed by atoms with Crippen LogP contribution in [0.3, 0.4) is 0 Å². The number of nitrogens with zero attached hydrogens (tertiary/aromatic N) is 1. The van der Waals surface area contributed by atoms with Gasteiger partial charge in [-0.2, -0.15) is 0 Å². The number of ether oxygens (including phenoxy) is 4. The van der Waals surface area contributed by atoms with Gasteiger partial charge in [-0.15, -0.1) is 0 Å². The van der Waals surface area contributed by atoms with Crippen molar-refractivity contribution in [1.29, 1.82) is 0 Å². The summed E-state index contributed by atoms with van der Waals surface area (Å²) in [5.74, 6) is -0.381. The number of phenolic OH excluding ortho intramolecular Hbond substituents is 1. The van der Waals surface area contributed by atoms with Gasteiger partial charge in [0.15, 0.2) is 0 Å². The van der Waals surface area contributed by atoms with E-state index in [2.05, 4.69) is 10.6 Å². The van der Waals surface area contributed by atoms with Crippen LogP contribution in [0, 0.1) is 6.92 Å². The van der Waals surface area contributed by atoms with E-state index in [9.17, 15) is 24.3 Å². The second-order valence-electron chi connectivity index (χ2n) is 10.4. The second kappa shape index (κ2) is 14.4. The van der Waals surface area contributed by atoms with E-state index in [1.807, 2.05) is 19.9 Å². The number of carbonyl (C=O) groups excluding carboxylic acids is 4. The van der Waals surface area contributed by atoms with Gasteiger partial charge in [-0.1, -0.05) is 11.6 Å². The average Bonchev–Trinajstić information content (AvgIpc) is 3.28. The fraction of sp³-hybridized carbons (Fsp3) is 0.571. The maximum atomic E-state index is 12.4. The third kappa shape index (κ3) is 9.06. The Bertz CT molecular complexity index is 1140. The molecule has 0 saturated carbocycles. The van der Waals surface area contributed by atoms with Crippen LogP contribution in [0.15, 0.2) is 11.6 Å². The number of alkyl carbamates (subject to hydrolysis) is 1. The van der Waals surface area contributed by atoms with Crippen molar-refractivity contribution in [1.82, 2.24) is 15.5 Å². The van der Waals surface area contributed by atoms with Crippen molar-refractivity contribution in [3.63, 3.8) is 0 Å². The van der Waals surface area contributed by atoms with Gasteiger partial charge in [0.1, 0.15) is 29.3 Å². The van der Waals surface area contributed by atoms with Crippen molar-refractivity contribution in [2.75, 3.05) is 40.4 Å². The Labute approximate surface area is 235 Å². The monoisotopic (exact) mass is 563 g/mol. The van der Waals surface area contributed by atoms with Crippen molar-refractivity contribution in [3.05, 3.63) is 33.9 Å². The first-order chi connectivity index (χ1) is 18.8. The van der Waals surface area contributed by atoms with E-state index < -0.39 is 23.8 Å². The number of amides is 3. The smallest absolute Gasteiger partial charge is 0.409 e. The largest absolute Gasteiger partial charge is 0.507 e. The van der Waals surface area contributed by atoms with Crippen molar-refractivity contribution in [2.24, 2.45) is 0 Å². The molecule has 40 heavy (non-hydrogen) atoms. The van der Waals surface area contributed by atoms with E-state index in [4.69, 9.17) is 18.9 Å². The second-order valence-corrected chi connectivity index (χ2v) is 10.4. The number of methoxy groups -OCH3 is 2. The molecule has 222 valence electrons. The standard InChI is InChI=1S/C28H41N3O9/c1-17(8-10-19-23(33)22-20(16-39-25(22)34)18(2)24(19)37-6)9-11-21(32)29-12-14-31(27(36)38-7)15-13-30-26(35)40-28(3,4)5/h8,33H,9-16H2,1-7H3,(H,29,32)(H,30,35). The highest BCUT2D eigenvalue weighted by Gasteiger charge is 2.31. The lowest BCUT2D eigenvalue weighted by Crippen LogP contribution is -2.43. The number of phenols is 1. The number of allylic oxidation sites excluding steroid dienone is 2. The molecule has 1 heterocycles. The molecule has 3 amide bonds. The molecule has 0 fully saturated rings. The Morgan fingerprint density at radius 3 is 2.35 bits per heavy atom. The number of fused-ring (bicyclic) bond motifs is 1. The van der Waals surface area contributed by atoms with Crippen LogP contribution in [0.4, 0.5) is 9.59 Å². The minimum Gasteiger partial charge on any atom is -0.507 e. The van der Waals surface area contributed by atoms with E-state index in [1.165, 1.54) is 19.1 Å². The van der Waals surface area contributed by atoms with Crippen LogP contribution in [0.1, 0.15) is 67.6 Å². The molecule has 1 aliphatic heterocycles. The minimum absolute atomic E-state index is 0.106. The van der Waals surface area contributed by atoms with Gasteiger partial charge in [0.25, 0.3) is 0 Å². The summed E-state index contributed by atoms with van der Waals surface area (Å²) in [5, 5.41) is 16.1. The van der Waals surface area contributed by atoms with E-state index in [1.54, 1.807) is 20.8 Å². The Hall–Kier alpha value is -3.96. The zero-order chi connectivity index (χ0) is 30.0. The number of nitrogens with one attached hydrogen (secondary N) is 2. The molecule has 0 unspecified atom stereocenters. The molecular formula is C28H41N3O9. The molecule has 12 heteroatoms. The van der Waals surface area contributed by atoms with Gasteiger partial charge in [-0.25, -0.2) is 14.4 Å². The Morgan fingerprint density at radius 2 is 1.75 bits per heavy atom. The van der Waals surface area contributed by atoms with Crippen molar-refractivity contribution >= 4 is 24.1 Å². The highest BCUT2D eigenvalue weighted by atomic mass is 16.6. The summed E-state index contributed by atoms with van der Waals surface area (Å²) < 4.78 is 20.5. The number of carbonyl (C=O) groups is 4. The molecule has 1 aromatic carbocycles. The van der Waals surface area contributed by atoms with Gasteiger partial charge in [-0.05, 0) is 53.0 Å². The highest BCUT2D eigenvalue weighted by molar-refractivity contribution is 5.98. The first-order valence-electron chi connectivity index (χ1n) is 13.1. The number of rotatable bonds is 12. The van der Waals surface area contributed by atoms with E-state index in [0.717, 1.165) is 11.1 Å². The number of hydrogen-bond donors (Lipinski definition) is 3. The van der Waals surface area contributed by atoms with Crippen molar-refractivity contribution in [3.8, 4) is 11.5 Å². The summed E-state index contributed by atoms with van der Waals surface area (Å²) in [7, 11) is 2.77. The molecule has 1 aliphatic rings. The summed E-state index contributed by atoms with van der Waals surface area (Å²) in [4.78, 5) is 49.7. The molecule has 0 saturated heterocycles. The normalized spacial score (nSPS) is 12.8. The number of hydrogen-bond acceptors (Lipinski definition) is 9.